The van der Waals surface area contributed by atoms with Gasteiger partial charge in [0, 0.05) is 6.42 Å². The van der Waals surface area contributed by atoms with E-state index < -0.39 is 0 Å². The lowest BCUT2D eigenvalue weighted by Crippen LogP contribution is -2.26. The van der Waals surface area contributed by atoms with Gasteiger partial charge in [0.2, 0.25) is 0 Å². The van der Waals surface area contributed by atoms with Gasteiger partial charge in [-0.2, -0.15) is 5.10 Å². The summed E-state index contributed by atoms with van der Waals surface area (Å²) in [6, 6.07) is 20.5. The maximum absolute atomic E-state index is 12.9. The fourth-order valence-corrected chi connectivity index (χ4v) is 3.63. The molecule has 1 amide bonds. The Hall–Kier alpha value is -2.92. The Labute approximate surface area is 149 Å². The number of phenolic OH excluding ortho intramolecular Hbond substituents is 1. The molecule has 0 radical (unpaired) electrons. The van der Waals surface area contributed by atoms with E-state index in [0.717, 1.165) is 16.8 Å². The highest BCUT2D eigenvalue weighted by molar-refractivity contribution is 7.12. The minimum Gasteiger partial charge on any atom is -0.508 e. The van der Waals surface area contributed by atoms with Crippen LogP contribution in [0, 0.1) is 0 Å². The van der Waals surface area contributed by atoms with Crippen molar-refractivity contribution in [3.63, 3.8) is 0 Å². The van der Waals surface area contributed by atoms with Gasteiger partial charge in [-0.05, 0) is 46.8 Å². The molecule has 1 N–H and O–H groups in total. The fourth-order valence-electron chi connectivity index (χ4n) is 2.97. The maximum atomic E-state index is 12.9. The van der Waals surface area contributed by atoms with Gasteiger partial charge in [0.25, 0.3) is 5.91 Å². The average Bonchev–Trinajstić information content (AvgIpc) is 3.33. The molecule has 2 aromatic carbocycles. The molecule has 3 aromatic rings. The maximum Gasteiger partial charge on any atom is 0.284 e. The lowest BCUT2D eigenvalue weighted by Gasteiger charge is -2.21. The van der Waals surface area contributed by atoms with Crippen LogP contribution in [0.2, 0.25) is 0 Å². The molecule has 4 rings (SSSR count). The van der Waals surface area contributed by atoms with Gasteiger partial charge in [0.1, 0.15) is 5.75 Å². The van der Waals surface area contributed by atoms with Crippen molar-refractivity contribution >= 4 is 23.0 Å². The number of hydrogen-bond donors (Lipinski definition) is 1. The molecule has 0 unspecified atom stereocenters. The van der Waals surface area contributed by atoms with E-state index in [0.29, 0.717) is 11.3 Å². The zero-order chi connectivity index (χ0) is 17.2. The number of carbonyl (C=O) groups is 1. The summed E-state index contributed by atoms with van der Waals surface area (Å²) in [4.78, 5) is 13.6. The zero-order valence-electron chi connectivity index (χ0n) is 13.4. The first-order valence-electron chi connectivity index (χ1n) is 8.01. The predicted molar refractivity (Wildman–Crippen MR) is 98.9 cm³/mol. The Morgan fingerprint density at radius 1 is 1.04 bits per heavy atom. The second-order valence-electron chi connectivity index (χ2n) is 5.85. The molecule has 124 valence electrons. The first-order valence-corrected chi connectivity index (χ1v) is 8.89. The third kappa shape index (κ3) is 3.06. The smallest absolute Gasteiger partial charge is 0.284 e. The van der Waals surface area contributed by atoms with Gasteiger partial charge in [-0.3, -0.25) is 4.79 Å². The molecular formula is C20H16N2O2S. The van der Waals surface area contributed by atoms with Gasteiger partial charge in [-0.1, -0.05) is 36.4 Å². The van der Waals surface area contributed by atoms with Crippen LogP contribution < -0.4 is 0 Å². The number of amides is 1. The summed E-state index contributed by atoms with van der Waals surface area (Å²) in [5, 5.41) is 17.6. The molecule has 2 heterocycles. The Morgan fingerprint density at radius 3 is 2.48 bits per heavy atom. The molecule has 25 heavy (non-hydrogen) atoms. The number of benzene rings is 2. The Balaban J connectivity index is 1.72. The third-order valence-corrected chi connectivity index (χ3v) is 5.09. The molecule has 0 saturated carbocycles. The van der Waals surface area contributed by atoms with Crippen LogP contribution in [-0.4, -0.2) is 21.7 Å². The lowest BCUT2D eigenvalue weighted by molar-refractivity contribution is 0.0716. The van der Waals surface area contributed by atoms with Gasteiger partial charge < -0.3 is 5.11 Å². The number of thiophene rings is 1. The number of hydrazone groups is 1. The Bertz CT molecular complexity index is 903. The molecule has 5 heteroatoms. The van der Waals surface area contributed by atoms with Crippen molar-refractivity contribution < 1.29 is 9.90 Å². The summed E-state index contributed by atoms with van der Waals surface area (Å²) >= 11 is 1.42. The van der Waals surface area contributed by atoms with Crippen molar-refractivity contribution in [1.82, 2.24) is 5.01 Å². The monoisotopic (exact) mass is 348 g/mol. The van der Waals surface area contributed by atoms with Gasteiger partial charge >= 0.3 is 0 Å². The number of aromatic hydroxyl groups is 1. The standard InChI is InChI=1S/C20H16N2O2S/c23-16-10-8-14(9-11-16)17-13-18(15-5-2-1-3-6-15)22(21-17)20(24)19-7-4-12-25-19/h1-12,18,23H,13H2/t18-/m1/s1. The summed E-state index contributed by atoms with van der Waals surface area (Å²) in [6.07, 6.45) is 0.645. The average molecular weight is 348 g/mol. The second-order valence-corrected chi connectivity index (χ2v) is 6.80. The molecule has 0 spiro atoms. The molecule has 1 atom stereocenters. The highest BCUT2D eigenvalue weighted by Crippen LogP contribution is 2.34. The number of hydrogen-bond acceptors (Lipinski definition) is 4. The van der Waals surface area contributed by atoms with Crippen molar-refractivity contribution in [1.29, 1.82) is 0 Å². The van der Waals surface area contributed by atoms with Crippen LogP contribution in [0.3, 0.4) is 0 Å². The van der Waals surface area contributed by atoms with Crippen LogP contribution in [0.25, 0.3) is 0 Å². The zero-order valence-corrected chi connectivity index (χ0v) is 14.2. The number of phenols is 1. The molecule has 4 nitrogen and oxygen atoms in total. The largest absolute Gasteiger partial charge is 0.508 e. The normalized spacial score (nSPS) is 16.7. The van der Waals surface area contributed by atoms with Crippen LogP contribution in [0.4, 0.5) is 0 Å². The van der Waals surface area contributed by atoms with Crippen LogP contribution >= 0.6 is 11.3 Å². The Kier molecular flexibility index (Phi) is 4.07. The van der Waals surface area contributed by atoms with Crippen molar-refractivity contribution in [2.75, 3.05) is 0 Å². The van der Waals surface area contributed by atoms with Gasteiger partial charge in [-0.25, -0.2) is 5.01 Å². The van der Waals surface area contributed by atoms with E-state index in [-0.39, 0.29) is 17.7 Å². The van der Waals surface area contributed by atoms with Crippen molar-refractivity contribution in [3.8, 4) is 5.75 Å². The van der Waals surface area contributed by atoms with E-state index >= 15 is 0 Å². The van der Waals surface area contributed by atoms with Crippen LogP contribution in [-0.2, 0) is 0 Å². The number of rotatable bonds is 3. The van der Waals surface area contributed by atoms with E-state index in [1.165, 1.54) is 11.3 Å². The minimum atomic E-state index is -0.125. The molecule has 1 aromatic heterocycles. The van der Waals surface area contributed by atoms with Crippen LogP contribution in [0.15, 0.2) is 77.2 Å². The van der Waals surface area contributed by atoms with Gasteiger partial charge in [0.15, 0.2) is 0 Å². The molecule has 0 saturated heterocycles. The van der Waals surface area contributed by atoms with Crippen molar-refractivity contribution in [2.24, 2.45) is 5.10 Å². The summed E-state index contributed by atoms with van der Waals surface area (Å²) in [7, 11) is 0. The van der Waals surface area contributed by atoms with E-state index in [2.05, 4.69) is 5.10 Å². The third-order valence-electron chi connectivity index (χ3n) is 4.24. The topological polar surface area (TPSA) is 52.9 Å². The summed E-state index contributed by atoms with van der Waals surface area (Å²) in [5.74, 6) is 0.131. The summed E-state index contributed by atoms with van der Waals surface area (Å²) < 4.78 is 0. The van der Waals surface area contributed by atoms with E-state index in [9.17, 15) is 9.90 Å². The van der Waals surface area contributed by atoms with Gasteiger partial charge in [-0.15, -0.1) is 11.3 Å². The van der Waals surface area contributed by atoms with Gasteiger partial charge in [0.05, 0.1) is 16.6 Å². The van der Waals surface area contributed by atoms with E-state index in [1.807, 2.05) is 60.0 Å². The highest BCUT2D eigenvalue weighted by Gasteiger charge is 2.33. The second kappa shape index (κ2) is 6.53. The Morgan fingerprint density at radius 2 is 1.80 bits per heavy atom. The summed E-state index contributed by atoms with van der Waals surface area (Å²) in [5.41, 5.74) is 2.82. The molecule has 0 aliphatic carbocycles. The summed E-state index contributed by atoms with van der Waals surface area (Å²) in [6.45, 7) is 0. The van der Waals surface area contributed by atoms with Crippen LogP contribution in [0.1, 0.15) is 33.3 Å². The quantitative estimate of drug-likeness (QED) is 0.760. The SMILES string of the molecule is O=C(c1cccs1)N1N=C(c2ccc(O)cc2)C[C@@H]1c1ccccc1. The van der Waals surface area contributed by atoms with Crippen LogP contribution in [0.5, 0.6) is 5.75 Å². The van der Waals surface area contributed by atoms with Crippen molar-refractivity contribution in [2.45, 2.75) is 12.5 Å². The first kappa shape index (κ1) is 15.6. The van der Waals surface area contributed by atoms with E-state index in [1.54, 1.807) is 17.1 Å². The van der Waals surface area contributed by atoms with Crippen molar-refractivity contribution in [3.05, 3.63) is 88.1 Å². The lowest BCUT2D eigenvalue weighted by atomic mass is 9.98. The molecule has 1 aliphatic heterocycles. The number of nitrogens with zero attached hydrogens (tertiary/aromatic N) is 2. The first-order chi connectivity index (χ1) is 12.2. The molecular weight excluding hydrogens is 332 g/mol. The molecule has 0 bridgehead atoms. The minimum absolute atomic E-state index is 0.0855. The fraction of sp³-hybridized carbons (Fsp3) is 0.100. The predicted octanol–water partition coefficient (Wildman–Crippen LogP) is 4.45. The molecule has 0 fully saturated rings. The highest BCUT2D eigenvalue weighted by atomic mass is 32.1. The number of carbonyl (C=O) groups excluding carboxylic acids is 1. The molecule has 1 aliphatic rings. The van der Waals surface area contributed by atoms with E-state index in [4.69, 9.17) is 0 Å².